The molecule has 2 heterocycles. The zero-order chi connectivity index (χ0) is 24.6. The molecule has 10 heteroatoms. The standard InChI is InChI=1S/C24H35FN6O2S/c1-18(2)20-17-28-31-23(27-16-19-11-7-8-12-21(19)25)15-22(30-24(20)31)26-13-9-5-4-6-10-14-29-34(3,32)33/h7-8,11-12,15,17-18,27,29H,4-6,9-10,13-14,16H2,1-3H3,(H,26,30). The fraction of sp³-hybridized carbons (Fsp3) is 0.500. The largest absolute Gasteiger partial charge is 0.370 e. The Hall–Kier alpha value is -2.72. The summed E-state index contributed by atoms with van der Waals surface area (Å²) in [4.78, 5) is 4.78. The van der Waals surface area contributed by atoms with Crippen molar-refractivity contribution < 1.29 is 12.8 Å². The molecule has 0 saturated heterocycles. The predicted octanol–water partition coefficient (Wildman–Crippen LogP) is 4.52. The number of aromatic nitrogens is 3. The molecule has 3 rings (SSSR count). The number of sulfonamides is 1. The van der Waals surface area contributed by atoms with Crippen molar-refractivity contribution >= 4 is 27.3 Å². The Balaban J connectivity index is 1.57. The Bertz CT molecular complexity index is 1180. The number of hydrogen-bond donors (Lipinski definition) is 3. The smallest absolute Gasteiger partial charge is 0.208 e. The van der Waals surface area contributed by atoms with E-state index >= 15 is 0 Å². The van der Waals surface area contributed by atoms with Crippen LogP contribution in [-0.4, -0.2) is 42.4 Å². The van der Waals surface area contributed by atoms with Gasteiger partial charge in [0, 0.05) is 36.8 Å². The summed E-state index contributed by atoms with van der Waals surface area (Å²) < 4.78 is 40.5. The number of nitrogens with one attached hydrogen (secondary N) is 3. The van der Waals surface area contributed by atoms with Crippen LogP contribution in [0.3, 0.4) is 0 Å². The van der Waals surface area contributed by atoms with Crippen molar-refractivity contribution in [2.75, 3.05) is 30.0 Å². The summed E-state index contributed by atoms with van der Waals surface area (Å²) in [6.45, 7) is 5.83. The molecule has 0 amide bonds. The molecule has 3 N–H and O–H groups in total. The Morgan fingerprint density at radius 1 is 1.03 bits per heavy atom. The summed E-state index contributed by atoms with van der Waals surface area (Å²) >= 11 is 0. The van der Waals surface area contributed by atoms with Crippen LogP contribution in [0.1, 0.15) is 63.0 Å². The Kier molecular flexibility index (Phi) is 9.23. The van der Waals surface area contributed by atoms with Gasteiger partial charge in [-0.25, -0.2) is 22.5 Å². The van der Waals surface area contributed by atoms with E-state index in [0.29, 0.717) is 18.7 Å². The molecular weight excluding hydrogens is 455 g/mol. The Morgan fingerprint density at radius 2 is 1.74 bits per heavy atom. The molecule has 0 radical (unpaired) electrons. The number of fused-ring (bicyclic) bond motifs is 1. The number of nitrogens with zero attached hydrogens (tertiary/aromatic N) is 3. The third kappa shape index (κ3) is 7.66. The fourth-order valence-electron chi connectivity index (χ4n) is 3.69. The van der Waals surface area contributed by atoms with E-state index in [1.54, 1.807) is 16.6 Å². The number of anilines is 2. The minimum Gasteiger partial charge on any atom is -0.370 e. The molecule has 186 valence electrons. The molecule has 34 heavy (non-hydrogen) atoms. The van der Waals surface area contributed by atoms with Crippen LogP contribution in [0.2, 0.25) is 0 Å². The number of rotatable bonds is 14. The highest BCUT2D eigenvalue weighted by atomic mass is 32.2. The van der Waals surface area contributed by atoms with Gasteiger partial charge in [0.05, 0.1) is 12.5 Å². The topological polar surface area (TPSA) is 100 Å². The number of benzene rings is 1. The number of halogens is 1. The summed E-state index contributed by atoms with van der Waals surface area (Å²) in [6, 6.07) is 8.63. The SMILES string of the molecule is CC(C)c1cnn2c(NCc3ccccc3F)cc(NCCCCCCCNS(C)(=O)=O)nc12. The van der Waals surface area contributed by atoms with Gasteiger partial charge < -0.3 is 10.6 Å². The van der Waals surface area contributed by atoms with Gasteiger partial charge in [0.1, 0.15) is 17.5 Å². The second-order valence-corrected chi connectivity index (χ2v) is 10.7. The van der Waals surface area contributed by atoms with Gasteiger partial charge in [-0.3, -0.25) is 0 Å². The van der Waals surface area contributed by atoms with Crippen LogP contribution in [0, 0.1) is 5.82 Å². The van der Waals surface area contributed by atoms with Crippen molar-refractivity contribution in [3.63, 3.8) is 0 Å². The molecule has 0 aliphatic heterocycles. The summed E-state index contributed by atoms with van der Waals surface area (Å²) in [5, 5.41) is 11.2. The third-order valence-corrected chi connectivity index (χ3v) is 6.29. The molecule has 0 fully saturated rings. The van der Waals surface area contributed by atoms with E-state index < -0.39 is 10.0 Å². The van der Waals surface area contributed by atoms with E-state index in [9.17, 15) is 12.8 Å². The lowest BCUT2D eigenvalue weighted by Crippen LogP contribution is -2.22. The van der Waals surface area contributed by atoms with Gasteiger partial charge in [-0.1, -0.05) is 51.3 Å². The second kappa shape index (κ2) is 12.1. The molecule has 0 aliphatic rings. The number of hydrogen-bond acceptors (Lipinski definition) is 6. The minimum atomic E-state index is -3.10. The molecule has 0 unspecified atom stereocenters. The fourth-order valence-corrected chi connectivity index (χ4v) is 4.20. The number of unbranched alkanes of at least 4 members (excludes halogenated alkanes) is 4. The van der Waals surface area contributed by atoms with E-state index in [1.807, 2.05) is 18.3 Å². The van der Waals surface area contributed by atoms with Gasteiger partial charge in [-0.2, -0.15) is 9.61 Å². The zero-order valence-electron chi connectivity index (χ0n) is 20.1. The third-order valence-electron chi connectivity index (χ3n) is 5.56. The molecule has 0 saturated carbocycles. The van der Waals surface area contributed by atoms with Gasteiger partial charge in [0.25, 0.3) is 0 Å². The highest BCUT2D eigenvalue weighted by molar-refractivity contribution is 7.88. The first kappa shape index (κ1) is 25.9. The van der Waals surface area contributed by atoms with Gasteiger partial charge in [0.2, 0.25) is 10.0 Å². The molecule has 2 aromatic heterocycles. The summed E-state index contributed by atoms with van der Waals surface area (Å²) in [6.07, 6.45) is 7.94. The first-order chi connectivity index (χ1) is 16.2. The average molecular weight is 491 g/mol. The molecule has 0 bridgehead atoms. The lowest BCUT2D eigenvalue weighted by atomic mass is 10.1. The first-order valence-electron chi connectivity index (χ1n) is 11.8. The lowest BCUT2D eigenvalue weighted by molar-refractivity contribution is 0.575. The van der Waals surface area contributed by atoms with E-state index in [2.05, 4.69) is 34.3 Å². The molecule has 0 atom stereocenters. The van der Waals surface area contributed by atoms with Crippen LogP contribution in [0.15, 0.2) is 36.5 Å². The van der Waals surface area contributed by atoms with Crippen molar-refractivity contribution in [1.82, 2.24) is 19.3 Å². The second-order valence-electron chi connectivity index (χ2n) is 8.82. The van der Waals surface area contributed by atoms with Gasteiger partial charge in [0.15, 0.2) is 5.65 Å². The highest BCUT2D eigenvalue weighted by Crippen LogP contribution is 2.24. The van der Waals surface area contributed by atoms with Gasteiger partial charge in [-0.15, -0.1) is 0 Å². The molecule has 3 aromatic rings. The summed E-state index contributed by atoms with van der Waals surface area (Å²) in [5.74, 6) is 1.54. The maximum absolute atomic E-state index is 14.1. The summed E-state index contributed by atoms with van der Waals surface area (Å²) in [7, 11) is -3.10. The monoisotopic (exact) mass is 490 g/mol. The van der Waals surface area contributed by atoms with E-state index in [4.69, 9.17) is 4.98 Å². The van der Waals surface area contributed by atoms with Crippen molar-refractivity contribution in [2.24, 2.45) is 0 Å². The molecular formula is C24H35FN6O2S. The van der Waals surface area contributed by atoms with E-state index in [1.165, 1.54) is 12.3 Å². The van der Waals surface area contributed by atoms with Gasteiger partial charge in [-0.05, 0) is 24.8 Å². The highest BCUT2D eigenvalue weighted by Gasteiger charge is 2.14. The average Bonchev–Trinajstić information content (AvgIpc) is 3.21. The minimum absolute atomic E-state index is 0.242. The summed E-state index contributed by atoms with van der Waals surface area (Å²) in [5.41, 5.74) is 2.43. The lowest BCUT2D eigenvalue weighted by Gasteiger charge is -2.13. The van der Waals surface area contributed by atoms with Crippen LogP contribution >= 0.6 is 0 Å². The Labute approximate surface area is 201 Å². The van der Waals surface area contributed by atoms with E-state index in [-0.39, 0.29) is 11.7 Å². The van der Waals surface area contributed by atoms with Crippen LogP contribution in [-0.2, 0) is 16.6 Å². The van der Waals surface area contributed by atoms with Crippen LogP contribution in [0.5, 0.6) is 0 Å². The zero-order valence-corrected chi connectivity index (χ0v) is 21.0. The van der Waals surface area contributed by atoms with Gasteiger partial charge >= 0.3 is 0 Å². The Morgan fingerprint density at radius 3 is 2.44 bits per heavy atom. The van der Waals surface area contributed by atoms with Crippen LogP contribution in [0.4, 0.5) is 16.0 Å². The van der Waals surface area contributed by atoms with Crippen molar-refractivity contribution in [3.05, 3.63) is 53.5 Å². The van der Waals surface area contributed by atoms with Crippen LogP contribution in [0.25, 0.3) is 5.65 Å². The molecule has 1 aromatic carbocycles. The van der Waals surface area contributed by atoms with Crippen LogP contribution < -0.4 is 15.4 Å². The molecule has 8 nitrogen and oxygen atoms in total. The van der Waals surface area contributed by atoms with Crippen molar-refractivity contribution in [1.29, 1.82) is 0 Å². The maximum Gasteiger partial charge on any atom is 0.208 e. The van der Waals surface area contributed by atoms with E-state index in [0.717, 1.165) is 61.5 Å². The van der Waals surface area contributed by atoms with Crippen molar-refractivity contribution in [3.8, 4) is 0 Å². The normalized spacial score (nSPS) is 11.9. The quantitative estimate of drug-likeness (QED) is 0.287. The molecule has 0 spiro atoms. The molecule has 0 aliphatic carbocycles. The maximum atomic E-state index is 14.1. The first-order valence-corrected chi connectivity index (χ1v) is 13.7. The van der Waals surface area contributed by atoms with Crippen molar-refractivity contribution in [2.45, 2.75) is 58.4 Å². The predicted molar refractivity (Wildman–Crippen MR) is 135 cm³/mol.